The van der Waals surface area contributed by atoms with E-state index in [9.17, 15) is 9.59 Å². The first kappa shape index (κ1) is 18.0. The molecule has 8 heteroatoms. The molecule has 0 aromatic carbocycles. The van der Waals surface area contributed by atoms with Gasteiger partial charge in [0, 0.05) is 38.6 Å². The van der Waals surface area contributed by atoms with E-state index in [4.69, 9.17) is 4.98 Å². The van der Waals surface area contributed by atoms with Gasteiger partial charge in [-0.25, -0.2) is 4.79 Å². The molecule has 4 heterocycles. The van der Waals surface area contributed by atoms with Crippen molar-refractivity contribution in [2.45, 2.75) is 46.1 Å². The third-order valence-electron chi connectivity index (χ3n) is 6.08. The Morgan fingerprint density at radius 3 is 2.22 bits per heavy atom. The highest BCUT2D eigenvalue weighted by Gasteiger charge is 2.22. The predicted molar refractivity (Wildman–Crippen MR) is 106 cm³/mol. The highest BCUT2D eigenvalue weighted by Crippen LogP contribution is 2.21. The molecule has 0 radical (unpaired) electrons. The van der Waals surface area contributed by atoms with E-state index in [0.29, 0.717) is 11.2 Å². The fraction of sp³-hybridized carbons (Fsp3) is 0.632. The summed E-state index contributed by atoms with van der Waals surface area (Å²) >= 11 is 0. The lowest BCUT2D eigenvalue weighted by Crippen LogP contribution is -2.37. The van der Waals surface area contributed by atoms with Crippen molar-refractivity contribution in [3.8, 4) is 0 Å². The SMILES string of the molecule is Cc1c(C)n2c3c(=O)n(C)c(=O)n(C)c3nc2n1CCN1CCCCCC1. The summed E-state index contributed by atoms with van der Waals surface area (Å²) in [6, 6.07) is 0. The van der Waals surface area contributed by atoms with Crippen LogP contribution < -0.4 is 11.2 Å². The van der Waals surface area contributed by atoms with Gasteiger partial charge in [0.1, 0.15) is 0 Å². The maximum Gasteiger partial charge on any atom is 0.332 e. The number of aromatic nitrogens is 5. The number of rotatable bonds is 3. The van der Waals surface area contributed by atoms with E-state index in [-0.39, 0.29) is 11.2 Å². The van der Waals surface area contributed by atoms with Crippen LogP contribution in [0.25, 0.3) is 16.9 Å². The molecule has 146 valence electrons. The average Bonchev–Trinajstić information content (AvgIpc) is 2.99. The summed E-state index contributed by atoms with van der Waals surface area (Å²) in [5.74, 6) is 0.744. The number of likely N-dealkylation sites (tertiary alicyclic amines) is 1. The Morgan fingerprint density at radius 2 is 1.56 bits per heavy atom. The molecule has 27 heavy (non-hydrogen) atoms. The Kier molecular flexibility index (Phi) is 4.46. The zero-order chi connectivity index (χ0) is 19.3. The summed E-state index contributed by atoms with van der Waals surface area (Å²) in [5, 5.41) is 0. The summed E-state index contributed by atoms with van der Waals surface area (Å²) in [6.45, 7) is 8.20. The van der Waals surface area contributed by atoms with E-state index >= 15 is 0 Å². The molecule has 1 saturated heterocycles. The summed E-state index contributed by atoms with van der Waals surface area (Å²) in [6.07, 6.45) is 5.19. The van der Waals surface area contributed by atoms with E-state index in [0.717, 1.165) is 47.9 Å². The molecular weight excluding hydrogens is 344 g/mol. The second kappa shape index (κ2) is 6.67. The van der Waals surface area contributed by atoms with Crippen LogP contribution in [0.15, 0.2) is 9.59 Å². The highest BCUT2D eigenvalue weighted by atomic mass is 16.2. The average molecular weight is 372 g/mol. The van der Waals surface area contributed by atoms with Crippen molar-refractivity contribution in [2.75, 3.05) is 19.6 Å². The van der Waals surface area contributed by atoms with E-state index in [1.807, 2.05) is 11.3 Å². The summed E-state index contributed by atoms with van der Waals surface area (Å²) < 4.78 is 6.70. The Labute approximate surface area is 157 Å². The van der Waals surface area contributed by atoms with Gasteiger partial charge in [0.05, 0.1) is 0 Å². The molecule has 0 bridgehead atoms. The normalized spacial score (nSPS) is 16.4. The second-order valence-corrected chi connectivity index (χ2v) is 7.70. The van der Waals surface area contributed by atoms with Crippen LogP contribution >= 0.6 is 0 Å². The predicted octanol–water partition coefficient (Wildman–Crippen LogP) is 1.18. The lowest BCUT2D eigenvalue weighted by molar-refractivity contribution is 0.273. The van der Waals surface area contributed by atoms with E-state index < -0.39 is 0 Å². The van der Waals surface area contributed by atoms with Crippen LogP contribution in [0.5, 0.6) is 0 Å². The molecule has 1 fully saturated rings. The van der Waals surface area contributed by atoms with Crippen LogP contribution in [-0.2, 0) is 20.6 Å². The van der Waals surface area contributed by atoms with Gasteiger partial charge in [0.2, 0.25) is 5.78 Å². The van der Waals surface area contributed by atoms with Gasteiger partial charge < -0.3 is 9.47 Å². The van der Waals surface area contributed by atoms with Gasteiger partial charge in [-0.05, 0) is 39.8 Å². The summed E-state index contributed by atoms with van der Waals surface area (Å²) in [4.78, 5) is 32.3. The molecule has 1 aliphatic rings. The highest BCUT2D eigenvalue weighted by molar-refractivity contribution is 5.76. The van der Waals surface area contributed by atoms with Crippen LogP contribution in [0.1, 0.15) is 37.1 Å². The molecule has 0 atom stereocenters. The monoisotopic (exact) mass is 372 g/mol. The van der Waals surface area contributed by atoms with Crippen molar-refractivity contribution in [3.63, 3.8) is 0 Å². The largest absolute Gasteiger partial charge is 0.332 e. The fourth-order valence-electron chi connectivity index (χ4n) is 4.26. The molecule has 0 amide bonds. The van der Waals surface area contributed by atoms with Gasteiger partial charge >= 0.3 is 5.69 Å². The first-order valence-electron chi connectivity index (χ1n) is 9.78. The van der Waals surface area contributed by atoms with Crippen LogP contribution in [0.3, 0.4) is 0 Å². The third kappa shape index (κ3) is 2.74. The quantitative estimate of drug-likeness (QED) is 0.692. The Bertz CT molecular complexity index is 1120. The number of imidazole rings is 2. The maximum absolute atomic E-state index is 12.8. The summed E-state index contributed by atoms with van der Waals surface area (Å²) in [5.41, 5.74) is 2.39. The smallest absolute Gasteiger partial charge is 0.313 e. The molecule has 1 aliphatic heterocycles. The van der Waals surface area contributed by atoms with Crippen molar-refractivity contribution in [3.05, 3.63) is 32.2 Å². The molecule has 0 spiro atoms. The molecule has 0 saturated carbocycles. The molecule has 4 rings (SSSR count). The van der Waals surface area contributed by atoms with Crippen LogP contribution in [0.2, 0.25) is 0 Å². The Hall–Kier alpha value is -2.35. The second-order valence-electron chi connectivity index (χ2n) is 7.70. The van der Waals surface area contributed by atoms with Gasteiger partial charge in [-0.15, -0.1) is 0 Å². The van der Waals surface area contributed by atoms with Gasteiger partial charge in [0.25, 0.3) is 5.56 Å². The number of nitrogens with zero attached hydrogens (tertiary/aromatic N) is 6. The van der Waals surface area contributed by atoms with Crippen LogP contribution in [0, 0.1) is 13.8 Å². The molecule has 0 unspecified atom stereocenters. The number of hydrogen-bond donors (Lipinski definition) is 0. The molecule has 3 aromatic rings. The molecular formula is C19H28N6O2. The van der Waals surface area contributed by atoms with E-state index in [1.165, 1.54) is 37.3 Å². The van der Waals surface area contributed by atoms with Crippen LogP contribution in [0.4, 0.5) is 0 Å². The zero-order valence-electron chi connectivity index (χ0n) is 16.7. The third-order valence-corrected chi connectivity index (χ3v) is 6.08. The lowest BCUT2D eigenvalue weighted by atomic mass is 10.2. The minimum absolute atomic E-state index is 0.298. The number of fused-ring (bicyclic) bond motifs is 3. The van der Waals surface area contributed by atoms with Crippen LogP contribution in [-0.4, -0.2) is 47.6 Å². The number of hydrogen-bond acceptors (Lipinski definition) is 4. The van der Waals surface area contributed by atoms with Crippen molar-refractivity contribution in [1.82, 2.24) is 28.0 Å². The zero-order valence-corrected chi connectivity index (χ0v) is 16.7. The molecule has 0 aliphatic carbocycles. The standard InChI is InChI=1S/C19H28N6O2/c1-13-14(2)25-15-16(21(3)19(27)22(4)17(15)26)20-18(25)24(13)12-11-23-9-7-5-6-8-10-23/h5-12H2,1-4H3. The van der Waals surface area contributed by atoms with Crippen molar-refractivity contribution < 1.29 is 0 Å². The molecule has 3 aromatic heterocycles. The lowest BCUT2D eigenvalue weighted by Gasteiger charge is -2.20. The van der Waals surface area contributed by atoms with E-state index in [1.54, 1.807) is 7.05 Å². The van der Waals surface area contributed by atoms with Gasteiger partial charge in [-0.2, -0.15) is 4.98 Å². The van der Waals surface area contributed by atoms with Gasteiger partial charge in [0.15, 0.2) is 11.2 Å². The first-order chi connectivity index (χ1) is 12.9. The van der Waals surface area contributed by atoms with E-state index in [2.05, 4.69) is 16.4 Å². The topological polar surface area (TPSA) is 69.5 Å². The minimum atomic E-state index is -0.348. The fourth-order valence-corrected chi connectivity index (χ4v) is 4.26. The minimum Gasteiger partial charge on any atom is -0.313 e. The number of aryl methyl sites for hydroxylation is 2. The summed E-state index contributed by atoms with van der Waals surface area (Å²) in [7, 11) is 3.18. The van der Waals surface area contributed by atoms with Gasteiger partial charge in [-0.1, -0.05) is 12.8 Å². The maximum atomic E-state index is 12.8. The van der Waals surface area contributed by atoms with Crippen molar-refractivity contribution in [2.24, 2.45) is 14.1 Å². The van der Waals surface area contributed by atoms with Gasteiger partial charge in [-0.3, -0.25) is 18.3 Å². The Balaban J connectivity index is 1.83. The van der Waals surface area contributed by atoms with Crippen molar-refractivity contribution >= 4 is 16.9 Å². The molecule has 0 N–H and O–H groups in total. The first-order valence-corrected chi connectivity index (χ1v) is 9.78. The Morgan fingerprint density at radius 1 is 0.889 bits per heavy atom. The molecule has 8 nitrogen and oxygen atoms in total. The van der Waals surface area contributed by atoms with Crippen molar-refractivity contribution in [1.29, 1.82) is 0 Å².